The Hall–Kier alpha value is -3.79. The third-order valence-corrected chi connectivity index (χ3v) is 6.21. The van der Waals surface area contributed by atoms with Crippen LogP contribution in [-0.4, -0.2) is 41.4 Å². The first-order valence-electron chi connectivity index (χ1n) is 11.2. The number of hydrogen-bond acceptors (Lipinski definition) is 5. The Morgan fingerprint density at radius 3 is 2.65 bits per heavy atom. The highest BCUT2D eigenvalue weighted by Gasteiger charge is 2.33. The van der Waals surface area contributed by atoms with Crippen LogP contribution < -0.4 is 15.4 Å². The predicted molar refractivity (Wildman–Crippen MR) is 136 cm³/mol. The van der Waals surface area contributed by atoms with Gasteiger partial charge >= 0.3 is 12.2 Å². The number of benzene rings is 2. The summed E-state index contributed by atoms with van der Waals surface area (Å²) in [7, 11) is 0. The van der Waals surface area contributed by atoms with E-state index in [1.807, 2.05) is 18.2 Å². The number of carbonyl (C=O) groups is 1. The average molecular weight is 532 g/mol. The number of amides is 2. The molecule has 194 valence electrons. The molecule has 0 fully saturated rings. The monoisotopic (exact) mass is 531 g/mol. The Labute approximate surface area is 217 Å². The number of nitrogens with one attached hydrogen (secondary N) is 2. The van der Waals surface area contributed by atoms with Crippen LogP contribution in [0.1, 0.15) is 29.8 Å². The van der Waals surface area contributed by atoms with E-state index in [4.69, 9.17) is 16.3 Å². The number of anilines is 1. The van der Waals surface area contributed by atoms with Gasteiger partial charge in [-0.2, -0.15) is 13.2 Å². The zero-order valence-electron chi connectivity index (χ0n) is 18.9. The summed E-state index contributed by atoms with van der Waals surface area (Å²) in [5, 5.41) is 5.30. The molecule has 3 heterocycles. The molecule has 2 N–H and O–H groups in total. The minimum absolute atomic E-state index is 0. The molecule has 2 aliphatic rings. The molecule has 2 amide bonds. The first-order valence-corrected chi connectivity index (χ1v) is 11.6. The number of fused-ring (bicyclic) bond motifs is 1. The maximum absolute atomic E-state index is 13.1. The van der Waals surface area contributed by atoms with Gasteiger partial charge in [-0.15, -0.1) is 0 Å². The van der Waals surface area contributed by atoms with Crippen molar-refractivity contribution in [2.75, 3.05) is 25.0 Å². The average Bonchev–Trinajstić information content (AvgIpc) is 3.39. The number of urea groups is 1. The van der Waals surface area contributed by atoms with Gasteiger partial charge in [-0.3, -0.25) is 9.98 Å². The van der Waals surface area contributed by atoms with Crippen LogP contribution >= 0.6 is 11.6 Å². The van der Waals surface area contributed by atoms with Crippen molar-refractivity contribution in [2.45, 2.75) is 26.6 Å². The first kappa shape index (κ1) is 26.3. The Bertz CT molecular complexity index is 1350. The van der Waals surface area contributed by atoms with Gasteiger partial charge in [-0.25, -0.2) is 4.79 Å². The third kappa shape index (κ3) is 5.96. The molecular formula is C26H25ClF3N5O2. The molecule has 7 nitrogen and oxygen atoms in total. The van der Waals surface area contributed by atoms with Crippen LogP contribution in [0.15, 0.2) is 59.7 Å². The second kappa shape index (κ2) is 10.7. The minimum atomic E-state index is -4.62. The zero-order chi connectivity index (χ0) is 25.3. The molecule has 0 bridgehead atoms. The molecule has 1 aromatic heterocycles. The largest absolute Gasteiger partial charge is 0.457 e. The van der Waals surface area contributed by atoms with Crippen LogP contribution in [0, 0.1) is 0 Å². The number of aliphatic imine (C=N–C) groups is 1. The van der Waals surface area contributed by atoms with Crippen molar-refractivity contribution in [3.8, 4) is 11.5 Å². The van der Waals surface area contributed by atoms with Gasteiger partial charge in [0.2, 0.25) is 0 Å². The minimum Gasteiger partial charge on any atom is -0.457 e. The van der Waals surface area contributed by atoms with E-state index >= 15 is 0 Å². The van der Waals surface area contributed by atoms with Crippen molar-refractivity contribution in [2.24, 2.45) is 4.99 Å². The van der Waals surface area contributed by atoms with E-state index in [9.17, 15) is 18.0 Å². The van der Waals surface area contributed by atoms with E-state index in [1.165, 1.54) is 6.07 Å². The molecular weight excluding hydrogens is 507 g/mol. The number of ether oxygens (including phenoxy) is 1. The molecule has 0 atom stereocenters. The number of rotatable bonds is 4. The van der Waals surface area contributed by atoms with E-state index in [0.29, 0.717) is 43.2 Å². The number of aromatic nitrogens is 1. The third-order valence-electron chi connectivity index (χ3n) is 5.88. The molecule has 5 rings (SSSR count). The molecule has 0 saturated heterocycles. The lowest BCUT2D eigenvalue weighted by Crippen LogP contribution is -2.38. The highest BCUT2D eigenvalue weighted by molar-refractivity contribution is 6.31. The number of alkyl halides is 3. The fraction of sp³-hybridized carbons (Fsp3) is 0.269. The summed E-state index contributed by atoms with van der Waals surface area (Å²) in [6, 6.07) is 12.0. The highest BCUT2D eigenvalue weighted by atomic mass is 35.5. The number of carbonyl (C=O) groups excluding carboxylic acids is 1. The number of pyridine rings is 1. The summed E-state index contributed by atoms with van der Waals surface area (Å²) in [5.41, 5.74) is 1.70. The topological polar surface area (TPSA) is 78.9 Å². The fourth-order valence-corrected chi connectivity index (χ4v) is 4.33. The van der Waals surface area contributed by atoms with E-state index < -0.39 is 22.8 Å². The lowest BCUT2D eigenvalue weighted by Gasteiger charge is -2.29. The van der Waals surface area contributed by atoms with Crippen LogP contribution in [0.2, 0.25) is 5.02 Å². The van der Waals surface area contributed by atoms with Gasteiger partial charge in [0.05, 0.1) is 17.1 Å². The van der Waals surface area contributed by atoms with Gasteiger partial charge in [-0.1, -0.05) is 25.1 Å². The highest BCUT2D eigenvalue weighted by Crippen LogP contribution is 2.36. The normalized spacial score (nSPS) is 14.7. The Balaban J connectivity index is 0.00000320. The molecule has 37 heavy (non-hydrogen) atoms. The molecule has 0 saturated carbocycles. The Morgan fingerprint density at radius 2 is 1.89 bits per heavy atom. The van der Waals surface area contributed by atoms with E-state index in [-0.39, 0.29) is 13.1 Å². The maximum Gasteiger partial charge on any atom is 0.417 e. The van der Waals surface area contributed by atoms with E-state index in [0.717, 1.165) is 35.6 Å². The summed E-state index contributed by atoms with van der Waals surface area (Å²) >= 11 is 5.67. The Kier molecular flexibility index (Phi) is 7.58. The summed E-state index contributed by atoms with van der Waals surface area (Å²) < 4.78 is 45.5. The van der Waals surface area contributed by atoms with Crippen molar-refractivity contribution >= 4 is 29.2 Å². The van der Waals surface area contributed by atoms with Crippen LogP contribution in [0.25, 0.3) is 0 Å². The fourth-order valence-electron chi connectivity index (χ4n) is 4.10. The van der Waals surface area contributed by atoms with Crippen LogP contribution in [0.5, 0.6) is 11.5 Å². The predicted octanol–water partition coefficient (Wildman–Crippen LogP) is 6.12. The smallest absolute Gasteiger partial charge is 0.417 e. The van der Waals surface area contributed by atoms with Gasteiger partial charge in [0, 0.05) is 37.6 Å². The van der Waals surface area contributed by atoms with Crippen molar-refractivity contribution in [1.29, 1.82) is 0 Å². The number of halogens is 4. The van der Waals surface area contributed by atoms with Gasteiger partial charge < -0.3 is 20.3 Å². The summed E-state index contributed by atoms with van der Waals surface area (Å²) in [5.74, 6) is 1.93. The summed E-state index contributed by atoms with van der Waals surface area (Å²) in [6.07, 6.45) is -2.35. The number of hydrogen-bond donors (Lipinski definition) is 2. The molecule has 11 heteroatoms. The van der Waals surface area contributed by atoms with Gasteiger partial charge in [0.15, 0.2) is 0 Å². The molecule has 2 aromatic carbocycles. The molecule has 0 unspecified atom stereocenters. The van der Waals surface area contributed by atoms with Crippen molar-refractivity contribution in [3.63, 3.8) is 0 Å². The van der Waals surface area contributed by atoms with Crippen molar-refractivity contribution in [3.05, 3.63) is 82.1 Å². The SMILES string of the molecule is C.O=C(Nc1ccc(Cl)c(C(F)(F)F)c1)N1CCc2ccc(Oc3ccnc(C4=NCCN4)c3)cc2C1. The van der Waals surface area contributed by atoms with Crippen molar-refractivity contribution < 1.29 is 22.7 Å². The lowest BCUT2D eigenvalue weighted by molar-refractivity contribution is -0.137. The van der Waals surface area contributed by atoms with Crippen LogP contribution in [0.4, 0.5) is 23.7 Å². The van der Waals surface area contributed by atoms with Crippen LogP contribution in [-0.2, 0) is 19.1 Å². The molecule has 0 spiro atoms. The Morgan fingerprint density at radius 1 is 1.08 bits per heavy atom. The van der Waals surface area contributed by atoms with Gasteiger partial charge in [0.25, 0.3) is 0 Å². The molecule has 0 aliphatic carbocycles. The molecule has 2 aliphatic heterocycles. The summed E-state index contributed by atoms with van der Waals surface area (Å²) in [4.78, 5) is 23.0. The van der Waals surface area contributed by atoms with E-state index in [1.54, 1.807) is 23.2 Å². The van der Waals surface area contributed by atoms with Crippen molar-refractivity contribution in [1.82, 2.24) is 15.2 Å². The second-order valence-corrected chi connectivity index (χ2v) is 8.77. The van der Waals surface area contributed by atoms with Gasteiger partial charge in [-0.05, 0) is 53.9 Å². The molecule has 3 aromatic rings. The standard InChI is InChI=1S/C25H21ClF3N5O2.CH4/c26-21-4-2-17(12-20(21)25(27,28)29)33-24(35)34-10-6-15-1-3-18(11-16(15)14-34)36-19-5-7-30-22(13-19)23-31-8-9-32-23;/h1-5,7,11-13H,6,8-10,14H2,(H,31,32)(H,33,35);1H4. The summed E-state index contributed by atoms with van der Waals surface area (Å²) in [6.45, 7) is 2.21. The van der Waals surface area contributed by atoms with Gasteiger partial charge in [0.1, 0.15) is 23.0 Å². The number of amidine groups is 1. The van der Waals surface area contributed by atoms with Crippen LogP contribution in [0.3, 0.4) is 0 Å². The lowest BCUT2D eigenvalue weighted by atomic mass is 10.00. The quantitative estimate of drug-likeness (QED) is 0.425. The second-order valence-electron chi connectivity index (χ2n) is 8.36. The zero-order valence-corrected chi connectivity index (χ0v) is 19.7. The molecule has 0 radical (unpaired) electrons. The first-order chi connectivity index (χ1) is 17.3. The maximum atomic E-state index is 13.1. The van der Waals surface area contributed by atoms with E-state index in [2.05, 4.69) is 20.6 Å². The number of nitrogens with zero attached hydrogens (tertiary/aromatic N) is 3.